The summed E-state index contributed by atoms with van der Waals surface area (Å²) in [6.45, 7) is 1.58. The molecular formula is C10H15FN2O3S2. The van der Waals surface area contributed by atoms with Gasteiger partial charge in [0.05, 0.1) is 4.90 Å². The van der Waals surface area contributed by atoms with E-state index >= 15 is 0 Å². The molecule has 0 amide bonds. The fourth-order valence-corrected chi connectivity index (χ4v) is 3.66. The summed E-state index contributed by atoms with van der Waals surface area (Å²) in [5, 5.41) is 0. The minimum Gasteiger partial charge on any atom is -0.399 e. The molecule has 0 saturated carbocycles. The van der Waals surface area contributed by atoms with Crippen molar-refractivity contribution in [1.82, 2.24) is 4.72 Å². The number of hydrogen-bond donors (Lipinski definition) is 2. The zero-order valence-corrected chi connectivity index (χ0v) is 11.6. The van der Waals surface area contributed by atoms with Gasteiger partial charge < -0.3 is 5.73 Å². The third-order valence-electron chi connectivity index (χ3n) is 2.04. The summed E-state index contributed by atoms with van der Waals surface area (Å²) in [6.07, 6.45) is 1.48. The van der Waals surface area contributed by atoms with E-state index in [4.69, 9.17) is 5.73 Å². The SMILES string of the molecule is CC(CS(C)=O)NS(=O)(=O)c1cc(N)cc(F)c1. The van der Waals surface area contributed by atoms with Gasteiger partial charge in [0, 0.05) is 34.5 Å². The maximum absolute atomic E-state index is 13.1. The molecular weight excluding hydrogens is 279 g/mol. The van der Waals surface area contributed by atoms with E-state index in [0.717, 1.165) is 12.1 Å². The highest BCUT2D eigenvalue weighted by Crippen LogP contribution is 2.16. The van der Waals surface area contributed by atoms with Gasteiger partial charge in [-0.3, -0.25) is 4.21 Å². The molecule has 0 radical (unpaired) electrons. The molecule has 0 aliphatic carbocycles. The van der Waals surface area contributed by atoms with Gasteiger partial charge in [0.2, 0.25) is 10.0 Å². The molecule has 0 aliphatic heterocycles. The Balaban J connectivity index is 2.96. The van der Waals surface area contributed by atoms with Crippen LogP contribution in [0.1, 0.15) is 6.92 Å². The van der Waals surface area contributed by atoms with Gasteiger partial charge >= 0.3 is 0 Å². The summed E-state index contributed by atoms with van der Waals surface area (Å²) in [4.78, 5) is -0.242. The highest BCUT2D eigenvalue weighted by atomic mass is 32.2. The largest absolute Gasteiger partial charge is 0.399 e. The highest BCUT2D eigenvalue weighted by molar-refractivity contribution is 7.89. The number of nitrogens with one attached hydrogen (secondary N) is 1. The van der Waals surface area contributed by atoms with E-state index in [1.165, 1.54) is 12.3 Å². The van der Waals surface area contributed by atoms with Crippen molar-refractivity contribution in [1.29, 1.82) is 0 Å². The Morgan fingerprint density at radius 2 is 2.06 bits per heavy atom. The Bertz CT molecular complexity index is 540. The molecule has 0 heterocycles. The summed E-state index contributed by atoms with van der Waals surface area (Å²) in [5.74, 6) is -0.536. The molecule has 0 spiro atoms. The van der Waals surface area contributed by atoms with Gasteiger partial charge in [0.1, 0.15) is 5.82 Å². The second kappa shape index (κ2) is 5.77. The lowest BCUT2D eigenvalue weighted by Crippen LogP contribution is -2.36. The Hall–Kier alpha value is -0.990. The van der Waals surface area contributed by atoms with Crippen molar-refractivity contribution in [2.75, 3.05) is 17.7 Å². The van der Waals surface area contributed by atoms with Crippen LogP contribution in [0, 0.1) is 5.82 Å². The van der Waals surface area contributed by atoms with Crippen LogP contribution in [-0.2, 0) is 20.8 Å². The molecule has 0 bridgehead atoms. The van der Waals surface area contributed by atoms with E-state index in [1.807, 2.05) is 0 Å². The summed E-state index contributed by atoms with van der Waals surface area (Å²) in [6, 6.07) is 2.57. The molecule has 3 N–H and O–H groups in total. The van der Waals surface area contributed by atoms with Crippen LogP contribution in [0.3, 0.4) is 0 Å². The molecule has 0 aromatic heterocycles. The van der Waals surface area contributed by atoms with E-state index in [2.05, 4.69) is 4.72 Å². The smallest absolute Gasteiger partial charge is 0.241 e. The number of halogens is 1. The van der Waals surface area contributed by atoms with Crippen LogP contribution < -0.4 is 10.5 Å². The van der Waals surface area contributed by atoms with Crippen LogP contribution in [0.5, 0.6) is 0 Å². The predicted molar refractivity (Wildman–Crippen MR) is 69.5 cm³/mol. The number of rotatable bonds is 5. The lowest BCUT2D eigenvalue weighted by atomic mass is 10.3. The third-order valence-corrected chi connectivity index (χ3v) is 4.58. The van der Waals surface area contributed by atoms with Crippen LogP contribution in [0.25, 0.3) is 0 Å². The van der Waals surface area contributed by atoms with Gasteiger partial charge in [-0.25, -0.2) is 17.5 Å². The summed E-state index contributed by atoms with van der Waals surface area (Å²) < 4.78 is 50.2. The van der Waals surface area contributed by atoms with Crippen molar-refractivity contribution in [3.05, 3.63) is 24.0 Å². The highest BCUT2D eigenvalue weighted by Gasteiger charge is 2.19. The molecule has 5 nitrogen and oxygen atoms in total. The molecule has 102 valence electrons. The Labute approximate surface area is 108 Å². The van der Waals surface area contributed by atoms with Crippen molar-refractivity contribution >= 4 is 26.5 Å². The van der Waals surface area contributed by atoms with Gasteiger partial charge in [0.15, 0.2) is 0 Å². The monoisotopic (exact) mass is 294 g/mol. The molecule has 0 aliphatic rings. The first kappa shape index (κ1) is 15.1. The fourth-order valence-electron chi connectivity index (χ4n) is 1.46. The number of benzene rings is 1. The third kappa shape index (κ3) is 4.35. The van der Waals surface area contributed by atoms with Gasteiger partial charge in [-0.2, -0.15) is 0 Å². The number of hydrogen-bond acceptors (Lipinski definition) is 4. The van der Waals surface area contributed by atoms with Gasteiger partial charge in [0.25, 0.3) is 0 Å². The maximum atomic E-state index is 13.1. The van der Waals surface area contributed by atoms with Crippen molar-refractivity contribution in [3.63, 3.8) is 0 Å². The number of sulfonamides is 1. The van der Waals surface area contributed by atoms with E-state index in [9.17, 15) is 17.0 Å². The van der Waals surface area contributed by atoms with Crippen molar-refractivity contribution in [2.24, 2.45) is 0 Å². The number of nitrogen functional groups attached to an aromatic ring is 1. The van der Waals surface area contributed by atoms with Crippen molar-refractivity contribution in [2.45, 2.75) is 17.9 Å². The molecule has 1 aromatic rings. The van der Waals surface area contributed by atoms with E-state index in [1.54, 1.807) is 6.92 Å². The molecule has 2 atom stereocenters. The second-order valence-electron chi connectivity index (χ2n) is 3.98. The van der Waals surface area contributed by atoms with Gasteiger partial charge in [-0.05, 0) is 25.1 Å². The fraction of sp³-hybridized carbons (Fsp3) is 0.400. The van der Waals surface area contributed by atoms with Crippen molar-refractivity contribution in [3.8, 4) is 0 Å². The van der Waals surface area contributed by atoms with E-state index in [-0.39, 0.29) is 16.3 Å². The normalized spacial score (nSPS) is 15.3. The first-order valence-corrected chi connectivity index (χ1v) is 8.30. The van der Waals surface area contributed by atoms with Gasteiger partial charge in [-0.15, -0.1) is 0 Å². The zero-order valence-electron chi connectivity index (χ0n) is 10.0. The minimum absolute atomic E-state index is 0.0297. The molecule has 2 unspecified atom stereocenters. The first-order valence-electron chi connectivity index (χ1n) is 5.09. The molecule has 8 heteroatoms. The van der Waals surface area contributed by atoms with Crippen LogP contribution in [0.2, 0.25) is 0 Å². The van der Waals surface area contributed by atoms with E-state index in [0.29, 0.717) is 0 Å². The van der Waals surface area contributed by atoms with Crippen LogP contribution in [0.15, 0.2) is 23.1 Å². The standard InChI is InChI=1S/C10H15FN2O3S2/c1-7(6-17(2)14)13-18(15,16)10-4-8(11)3-9(12)5-10/h3-5,7,13H,6,12H2,1-2H3. The summed E-state index contributed by atoms with van der Waals surface area (Å²) in [7, 11) is -4.98. The van der Waals surface area contributed by atoms with Crippen LogP contribution in [0.4, 0.5) is 10.1 Å². The molecule has 18 heavy (non-hydrogen) atoms. The molecule has 0 fully saturated rings. The lowest BCUT2D eigenvalue weighted by Gasteiger charge is -2.13. The summed E-state index contributed by atoms with van der Waals surface area (Å²) >= 11 is 0. The lowest BCUT2D eigenvalue weighted by molar-refractivity contribution is 0.567. The molecule has 0 saturated heterocycles. The Morgan fingerprint density at radius 3 is 2.56 bits per heavy atom. The average molecular weight is 294 g/mol. The molecule has 1 rings (SSSR count). The predicted octanol–water partition coefficient (Wildman–Crippen LogP) is 0.453. The second-order valence-corrected chi connectivity index (χ2v) is 7.18. The average Bonchev–Trinajstić information content (AvgIpc) is 2.13. The van der Waals surface area contributed by atoms with Crippen LogP contribution >= 0.6 is 0 Å². The minimum atomic E-state index is -3.85. The van der Waals surface area contributed by atoms with Crippen LogP contribution in [-0.4, -0.2) is 30.7 Å². The molecule has 1 aromatic carbocycles. The van der Waals surface area contributed by atoms with Gasteiger partial charge in [-0.1, -0.05) is 0 Å². The maximum Gasteiger partial charge on any atom is 0.241 e. The topological polar surface area (TPSA) is 89.3 Å². The quantitative estimate of drug-likeness (QED) is 0.772. The van der Waals surface area contributed by atoms with Crippen molar-refractivity contribution < 1.29 is 17.0 Å². The Kier molecular flexibility index (Phi) is 4.83. The zero-order chi connectivity index (χ0) is 13.9. The number of nitrogens with two attached hydrogens (primary N) is 1. The first-order chi connectivity index (χ1) is 8.20. The summed E-state index contributed by atoms with van der Waals surface area (Å²) in [5.41, 5.74) is 5.42. The Morgan fingerprint density at radius 1 is 1.44 bits per heavy atom. The van der Waals surface area contributed by atoms with E-state index < -0.39 is 32.7 Å². The number of anilines is 1.